The number of nitrogens with zero attached hydrogens (tertiary/aromatic N) is 3. The van der Waals surface area contributed by atoms with E-state index in [-0.39, 0.29) is 0 Å². The standard InChI is InChI=1S/C25H17Cl2N3/c1-16-24-22(17-7-11-19(26)12-8-17)15-23(18-9-13-20(27)14-10-18)28-25(24)30(29-16)21-5-3-2-4-6-21/h2-15H,1H3. The average molecular weight is 430 g/mol. The highest BCUT2D eigenvalue weighted by atomic mass is 35.5. The van der Waals surface area contributed by atoms with Crippen molar-refractivity contribution in [3.8, 4) is 28.1 Å². The molecule has 2 heterocycles. The Labute approximate surface area is 184 Å². The van der Waals surface area contributed by atoms with Gasteiger partial charge < -0.3 is 0 Å². The van der Waals surface area contributed by atoms with Gasteiger partial charge in [0.25, 0.3) is 0 Å². The minimum Gasteiger partial charge on any atom is -0.228 e. The van der Waals surface area contributed by atoms with Gasteiger partial charge in [-0.15, -0.1) is 0 Å². The van der Waals surface area contributed by atoms with E-state index in [1.165, 1.54) is 0 Å². The summed E-state index contributed by atoms with van der Waals surface area (Å²) < 4.78 is 1.91. The molecular weight excluding hydrogens is 413 g/mol. The fourth-order valence-corrected chi connectivity index (χ4v) is 3.92. The fourth-order valence-electron chi connectivity index (χ4n) is 3.66. The average Bonchev–Trinajstić information content (AvgIpc) is 3.11. The van der Waals surface area contributed by atoms with E-state index >= 15 is 0 Å². The summed E-state index contributed by atoms with van der Waals surface area (Å²) >= 11 is 12.2. The van der Waals surface area contributed by atoms with Crippen molar-refractivity contribution < 1.29 is 0 Å². The molecule has 0 radical (unpaired) electrons. The molecule has 0 amide bonds. The molecule has 0 N–H and O–H groups in total. The number of benzene rings is 3. The van der Waals surface area contributed by atoms with Gasteiger partial charge in [0.15, 0.2) is 5.65 Å². The van der Waals surface area contributed by atoms with Crippen molar-refractivity contribution in [1.29, 1.82) is 0 Å². The second kappa shape index (κ2) is 7.60. The minimum atomic E-state index is 0.697. The van der Waals surface area contributed by atoms with Crippen molar-refractivity contribution in [2.75, 3.05) is 0 Å². The predicted octanol–water partition coefficient (Wildman–Crippen LogP) is 7.37. The van der Waals surface area contributed by atoms with Gasteiger partial charge in [-0.2, -0.15) is 5.10 Å². The molecule has 146 valence electrons. The van der Waals surface area contributed by atoms with Crippen LogP contribution in [0.2, 0.25) is 10.0 Å². The SMILES string of the molecule is Cc1nn(-c2ccccc2)c2nc(-c3ccc(Cl)cc3)cc(-c3ccc(Cl)cc3)c12. The zero-order valence-electron chi connectivity index (χ0n) is 16.2. The highest BCUT2D eigenvalue weighted by Gasteiger charge is 2.18. The van der Waals surface area contributed by atoms with Crippen LogP contribution in [0.4, 0.5) is 0 Å². The Hall–Kier alpha value is -3.14. The number of rotatable bonds is 3. The van der Waals surface area contributed by atoms with Crippen molar-refractivity contribution in [1.82, 2.24) is 14.8 Å². The predicted molar refractivity (Wildman–Crippen MR) is 124 cm³/mol. The zero-order valence-corrected chi connectivity index (χ0v) is 17.7. The normalized spacial score (nSPS) is 11.2. The molecule has 30 heavy (non-hydrogen) atoms. The number of para-hydroxylation sites is 1. The van der Waals surface area contributed by atoms with E-state index < -0.39 is 0 Å². The van der Waals surface area contributed by atoms with E-state index in [0.717, 1.165) is 44.8 Å². The molecule has 5 heteroatoms. The smallest absolute Gasteiger partial charge is 0.164 e. The Morgan fingerprint density at radius 3 is 1.97 bits per heavy atom. The van der Waals surface area contributed by atoms with Gasteiger partial charge in [0.05, 0.1) is 22.5 Å². The number of pyridine rings is 1. The molecule has 2 aromatic heterocycles. The molecule has 5 aromatic rings. The first kappa shape index (κ1) is 18.9. The summed E-state index contributed by atoms with van der Waals surface area (Å²) in [5.74, 6) is 0. The maximum atomic E-state index is 6.13. The van der Waals surface area contributed by atoms with Gasteiger partial charge in [-0.3, -0.25) is 0 Å². The van der Waals surface area contributed by atoms with Crippen LogP contribution in [0, 0.1) is 6.92 Å². The van der Waals surface area contributed by atoms with E-state index in [2.05, 4.69) is 6.07 Å². The lowest BCUT2D eigenvalue weighted by molar-refractivity contribution is 0.878. The first-order chi connectivity index (χ1) is 14.6. The summed E-state index contributed by atoms with van der Waals surface area (Å²) in [5, 5.41) is 7.25. The first-order valence-corrected chi connectivity index (χ1v) is 10.3. The van der Waals surface area contributed by atoms with Crippen LogP contribution < -0.4 is 0 Å². The Balaban J connectivity index is 1.83. The monoisotopic (exact) mass is 429 g/mol. The molecule has 0 atom stereocenters. The van der Waals surface area contributed by atoms with Crippen LogP contribution in [0.3, 0.4) is 0 Å². The Morgan fingerprint density at radius 2 is 1.33 bits per heavy atom. The third-order valence-electron chi connectivity index (χ3n) is 5.11. The van der Waals surface area contributed by atoms with Gasteiger partial charge >= 0.3 is 0 Å². The van der Waals surface area contributed by atoms with Crippen LogP contribution in [0.15, 0.2) is 84.9 Å². The Bertz CT molecular complexity index is 1340. The molecule has 0 bridgehead atoms. The third kappa shape index (κ3) is 3.36. The number of hydrogen-bond acceptors (Lipinski definition) is 2. The molecule has 3 nitrogen and oxygen atoms in total. The van der Waals surface area contributed by atoms with Gasteiger partial charge in [0, 0.05) is 15.6 Å². The molecule has 0 fully saturated rings. The molecule has 0 saturated carbocycles. The highest BCUT2D eigenvalue weighted by Crippen LogP contribution is 2.35. The molecule has 5 rings (SSSR count). The van der Waals surface area contributed by atoms with Gasteiger partial charge in [-0.25, -0.2) is 9.67 Å². The van der Waals surface area contributed by atoms with E-state index in [4.69, 9.17) is 33.3 Å². The van der Waals surface area contributed by atoms with Crippen molar-refractivity contribution in [2.45, 2.75) is 6.92 Å². The molecule has 0 spiro atoms. The minimum absolute atomic E-state index is 0.697. The van der Waals surface area contributed by atoms with Crippen LogP contribution in [-0.4, -0.2) is 14.8 Å². The lowest BCUT2D eigenvalue weighted by atomic mass is 9.99. The first-order valence-electron chi connectivity index (χ1n) is 9.58. The van der Waals surface area contributed by atoms with Crippen molar-refractivity contribution in [3.05, 3.63) is 101 Å². The van der Waals surface area contributed by atoms with Gasteiger partial charge in [-0.05, 0) is 60.5 Å². The summed E-state index contributed by atoms with van der Waals surface area (Å²) in [5.41, 5.74) is 6.71. The van der Waals surface area contributed by atoms with Crippen LogP contribution >= 0.6 is 23.2 Å². The number of fused-ring (bicyclic) bond motifs is 1. The van der Waals surface area contributed by atoms with Crippen molar-refractivity contribution in [2.24, 2.45) is 0 Å². The maximum absolute atomic E-state index is 6.13. The quantitative estimate of drug-likeness (QED) is 0.299. The summed E-state index contributed by atoms with van der Waals surface area (Å²) in [6.45, 7) is 2.02. The summed E-state index contributed by atoms with van der Waals surface area (Å²) in [7, 11) is 0. The third-order valence-corrected chi connectivity index (χ3v) is 5.61. The summed E-state index contributed by atoms with van der Waals surface area (Å²) in [6.07, 6.45) is 0. The van der Waals surface area contributed by atoms with Crippen molar-refractivity contribution in [3.63, 3.8) is 0 Å². The molecule has 3 aromatic carbocycles. The summed E-state index contributed by atoms with van der Waals surface area (Å²) in [4.78, 5) is 5.01. The molecule has 0 aliphatic rings. The second-order valence-electron chi connectivity index (χ2n) is 7.10. The maximum Gasteiger partial charge on any atom is 0.164 e. The molecule has 0 saturated heterocycles. The van der Waals surface area contributed by atoms with E-state index in [1.54, 1.807) is 0 Å². The van der Waals surface area contributed by atoms with E-state index in [0.29, 0.717) is 10.0 Å². The molecule has 0 aliphatic heterocycles. The lowest BCUT2D eigenvalue weighted by Crippen LogP contribution is -1.98. The molecule has 0 unspecified atom stereocenters. The molecular formula is C25H17Cl2N3. The second-order valence-corrected chi connectivity index (χ2v) is 7.97. The number of aryl methyl sites for hydroxylation is 1. The van der Waals surface area contributed by atoms with Crippen LogP contribution in [-0.2, 0) is 0 Å². The van der Waals surface area contributed by atoms with Gasteiger partial charge in [0.1, 0.15) is 0 Å². The van der Waals surface area contributed by atoms with Crippen LogP contribution in [0.1, 0.15) is 5.69 Å². The van der Waals surface area contributed by atoms with Gasteiger partial charge in [0.2, 0.25) is 0 Å². The zero-order chi connectivity index (χ0) is 20.7. The Morgan fingerprint density at radius 1 is 0.733 bits per heavy atom. The molecule has 0 aliphatic carbocycles. The number of halogens is 2. The highest BCUT2D eigenvalue weighted by molar-refractivity contribution is 6.31. The topological polar surface area (TPSA) is 30.7 Å². The van der Waals surface area contributed by atoms with Crippen LogP contribution in [0.25, 0.3) is 39.1 Å². The van der Waals surface area contributed by atoms with Crippen LogP contribution in [0.5, 0.6) is 0 Å². The van der Waals surface area contributed by atoms with Crippen molar-refractivity contribution >= 4 is 34.2 Å². The van der Waals surface area contributed by atoms with E-state index in [9.17, 15) is 0 Å². The fraction of sp³-hybridized carbons (Fsp3) is 0.0400. The largest absolute Gasteiger partial charge is 0.228 e. The van der Waals surface area contributed by atoms with Gasteiger partial charge in [-0.1, -0.05) is 65.7 Å². The Kier molecular flexibility index (Phi) is 4.78. The number of hydrogen-bond donors (Lipinski definition) is 0. The summed E-state index contributed by atoms with van der Waals surface area (Å²) in [6, 6.07) is 27.8. The van der Waals surface area contributed by atoms with E-state index in [1.807, 2.05) is 90.5 Å². The lowest BCUT2D eigenvalue weighted by Gasteiger charge is -2.10. The number of aromatic nitrogens is 3.